The van der Waals surface area contributed by atoms with Crippen LogP contribution in [0.25, 0.3) is 10.8 Å². The van der Waals surface area contributed by atoms with Crippen molar-refractivity contribution in [2.24, 2.45) is 0 Å². The fourth-order valence-corrected chi connectivity index (χ4v) is 2.05. The number of hydrogen-bond donors (Lipinski definition) is 1. The Kier molecular flexibility index (Phi) is 3.80. The fourth-order valence-electron chi connectivity index (χ4n) is 2.05. The van der Waals surface area contributed by atoms with Crippen molar-refractivity contribution >= 4 is 22.5 Å². The van der Waals surface area contributed by atoms with E-state index in [0.29, 0.717) is 11.3 Å². The Labute approximate surface area is 110 Å². The van der Waals surface area contributed by atoms with Crippen molar-refractivity contribution in [2.45, 2.75) is 12.8 Å². The highest BCUT2D eigenvalue weighted by molar-refractivity contribution is 6.10. The summed E-state index contributed by atoms with van der Waals surface area (Å²) in [6.45, 7) is 0. The monoisotopic (exact) mass is 258 g/mol. The Hall–Kier alpha value is -2.36. The van der Waals surface area contributed by atoms with Crippen molar-refractivity contribution in [3.8, 4) is 5.75 Å². The number of Topliss-reactive ketones (excluding diaryl/α,β-unsaturated/α-hetero) is 1. The lowest BCUT2D eigenvalue weighted by Crippen LogP contribution is -2.04. The van der Waals surface area contributed by atoms with Crippen LogP contribution in [-0.4, -0.2) is 24.0 Å². The third kappa shape index (κ3) is 2.73. The number of benzene rings is 2. The Bertz CT molecular complexity index is 631. The van der Waals surface area contributed by atoms with Crippen molar-refractivity contribution in [1.29, 1.82) is 0 Å². The third-order valence-electron chi connectivity index (χ3n) is 2.97. The van der Waals surface area contributed by atoms with E-state index in [2.05, 4.69) is 0 Å². The molecule has 2 aromatic carbocycles. The van der Waals surface area contributed by atoms with Crippen LogP contribution in [0.4, 0.5) is 0 Å². The minimum Gasteiger partial charge on any atom is -0.496 e. The van der Waals surface area contributed by atoms with Crippen LogP contribution in [0.5, 0.6) is 5.75 Å². The molecular weight excluding hydrogens is 244 g/mol. The zero-order valence-electron chi connectivity index (χ0n) is 10.6. The van der Waals surface area contributed by atoms with E-state index in [4.69, 9.17) is 9.84 Å². The van der Waals surface area contributed by atoms with Crippen molar-refractivity contribution < 1.29 is 19.4 Å². The minimum absolute atomic E-state index is 0.00561. The number of rotatable bonds is 5. The maximum atomic E-state index is 12.1. The van der Waals surface area contributed by atoms with E-state index in [1.807, 2.05) is 24.3 Å². The van der Waals surface area contributed by atoms with Crippen molar-refractivity contribution in [2.75, 3.05) is 7.11 Å². The van der Waals surface area contributed by atoms with E-state index >= 15 is 0 Å². The lowest BCUT2D eigenvalue weighted by Gasteiger charge is -2.09. The Morgan fingerprint density at radius 2 is 1.74 bits per heavy atom. The molecule has 0 aliphatic carbocycles. The SMILES string of the molecule is COc1ccc(C(=O)CCC(=O)O)c2ccccc12. The number of ether oxygens (including phenoxy) is 1. The summed E-state index contributed by atoms with van der Waals surface area (Å²) in [5, 5.41) is 10.3. The predicted molar refractivity (Wildman–Crippen MR) is 71.7 cm³/mol. The minimum atomic E-state index is -0.967. The quantitative estimate of drug-likeness (QED) is 0.837. The number of ketones is 1. The van der Waals surface area contributed by atoms with Gasteiger partial charge in [-0.15, -0.1) is 0 Å². The number of fused-ring (bicyclic) bond motifs is 1. The van der Waals surface area contributed by atoms with Gasteiger partial charge in [0, 0.05) is 17.4 Å². The van der Waals surface area contributed by atoms with Crippen LogP contribution in [0.2, 0.25) is 0 Å². The molecule has 0 aromatic heterocycles. The van der Waals surface area contributed by atoms with Gasteiger partial charge >= 0.3 is 5.97 Å². The number of carboxylic acid groups (broad SMARTS) is 1. The molecule has 0 saturated carbocycles. The highest BCUT2D eigenvalue weighted by Gasteiger charge is 2.13. The molecule has 4 nitrogen and oxygen atoms in total. The standard InChI is InChI=1S/C15H14O4/c1-19-14-8-6-11(13(16)7-9-15(17)18)10-4-2-3-5-12(10)14/h2-6,8H,7,9H2,1H3,(H,17,18). The van der Waals surface area contributed by atoms with E-state index in [1.54, 1.807) is 19.2 Å². The molecule has 2 aromatic rings. The normalized spacial score (nSPS) is 10.4. The van der Waals surface area contributed by atoms with E-state index in [-0.39, 0.29) is 18.6 Å². The summed E-state index contributed by atoms with van der Waals surface area (Å²) in [6, 6.07) is 10.8. The van der Waals surface area contributed by atoms with Crippen molar-refractivity contribution in [3.05, 3.63) is 42.0 Å². The van der Waals surface area contributed by atoms with Gasteiger partial charge in [0.15, 0.2) is 5.78 Å². The van der Waals surface area contributed by atoms with E-state index in [9.17, 15) is 9.59 Å². The van der Waals surface area contributed by atoms with Crippen molar-refractivity contribution in [1.82, 2.24) is 0 Å². The van der Waals surface area contributed by atoms with E-state index < -0.39 is 5.97 Å². The molecule has 0 radical (unpaired) electrons. The average molecular weight is 258 g/mol. The molecule has 1 N–H and O–H groups in total. The fraction of sp³-hybridized carbons (Fsp3) is 0.200. The number of hydrogen-bond acceptors (Lipinski definition) is 3. The summed E-state index contributed by atoms with van der Waals surface area (Å²) in [7, 11) is 1.58. The largest absolute Gasteiger partial charge is 0.496 e. The molecule has 0 amide bonds. The molecule has 0 bridgehead atoms. The van der Waals surface area contributed by atoms with Gasteiger partial charge in [-0.1, -0.05) is 24.3 Å². The number of carbonyl (C=O) groups excluding carboxylic acids is 1. The van der Waals surface area contributed by atoms with Gasteiger partial charge in [0.05, 0.1) is 13.5 Å². The van der Waals surface area contributed by atoms with Crippen LogP contribution >= 0.6 is 0 Å². The first-order valence-corrected chi connectivity index (χ1v) is 5.94. The van der Waals surface area contributed by atoms with Gasteiger partial charge in [-0.3, -0.25) is 9.59 Å². The first kappa shape index (κ1) is 13.1. The van der Waals surface area contributed by atoms with Crippen LogP contribution in [0.3, 0.4) is 0 Å². The van der Waals surface area contributed by atoms with Crippen LogP contribution in [-0.2, 0) is 4.79 Å². The average Bonchev–Trinajstić information content (AvgIpc) is 2.43. The second-order valence-corrected chi connectivity index (χ2v) is 4.18. The Balaban J connectivity index is 2.44. The van der Waals surface area contributed by atoms with Crippen LogP contribution < -0.4 is 4.74 Å². The van der Waals surface area contributed by atoms with E-state index in [0.717, 1.165) is 10.8 Å². The molecule has 98 valence electrons. The first-order chi connectivity index (χ1) is 9.13. The number of carboxylic acids is 1. The zero-order valence-corrected chi connectivity index (χ0v) is 10.6. The maximum absolute atomic E-state index is 12.1. The molecule has 0 spiro atoms. The lowest BCUT2D eigenvalue weighted by molar-refractivity contribution is -0.136. The van der Waals surface area contributed by atoms with E-state index in [1.165, 1.54) is 0 Å². The summed E-state index contributed by atoms with van der Waals surface area (Å²) in [6.07, 6.45) is -0.148. The van der Waals surface area contributed by atoms with Crippen LogP contribution in [0.15, 0.2) is 36.4 Å². The second kappa shape index (κ2) is 5.52. The highest BCUT2D eigenvalue weighted by Crippen LogP contribution is 2.29. The molecule has 0 heterocycles. The predicted octanol–water partition coefficient (Wildman–Crippen LogP) is 2.90. The molecule has 0 aliphatic heterocycles. The lowest BCUT2D eigenvalue weighted by atomic mass is 9.98. The van der Waals surface area contributed by atoms with Crippen molar-refractivity contribution in [3.63, 3.8) is 0 Å². The molecule has 0 unspecified atom stereocenters. The second-order valence-electron chi connectivity index (χ2n) is 4.18. The molecule has 19 heavy (non-hydrogen) atoms. The molecule has 4 heteroatoms. The van der Waals surface area contributed by atoms with Gasteiger partial charge in [-0.2, -0.15) is 0 Å². The number of carbonyl (C=O) groups is 2. The molecule has 0 atom stereocenters. The zero-order chi connectivity index (χ0) is 13.8. The van der Waals surface area contributed by atoms with Crippen LogP contribution in [0.1, 0.15) is 23.2 Å². The first-order valence-electron chi connectivity index (χ1n) is 5.94. The Morgan fingerprint density at radius 3 is 2.37 bits per heavy atom. The summed E-state index contributed by atoms with van der Waals surface area (Å²) < 4.78 is 5.25. The number of aliphatic carboxylic acids is 1. The van der Waals surface area contributed by atoms with Crippen LogP contribution in [0, 0.1) is 0 Å². The molecule has 0 aliphatic rings. The van der Waals surface area contributed by atoms with Gasteiger partial charge in [0.2, 0.25) is 0 Å². The van der Waals surface area contributed by atoms with Gasteiger partial charge in [0.25, 0.3) is 0 Å². The summed E-state index contributed by atoms with van der Waals surface area (Å²) in [5.41, 5.74) is 0.539. The summed E-state index contributed by atoms with van der Waals surface area (Å²) in [5.74, 6) is -0.433. The maximum Gasteiger partial charge on any atom is 0.303 e. The molecular formula is C15H14O4. The Morgan fingerprint density at radius 1 is 1.05 bits per heavy atom. The van der Waals surface area contributed by atoms with Gasteiger partial charge < -0.3 is 9.84 Å². The smallest absolute Gasteiger partial charge is 0.303 e. The number of methoxy groups -OCH3 is 1. The third-order valence-corrected chi connectivity index (χ3v) is 2.97. The molecule has 0 fully saturated rings. The van der Waals surface area contributed by atoms with Gasteiger partial charge in [0.1, 0.15) is 5.75 Å². The topological polar surface area (TPSA) is 63.6 Å². The van der Waals surface area contributed by atoms with Gasteiger partial charge in [-0.05, 0) is 17.5 Å². The molecule has 2 rings (SSSR count). The molecule has 0 saturated heterocycles. The van der Waals surface area contributed by atoms with Gasteiger partial charge in [-0.25, -0.2) is 0 Å². The summed E-state index contributed by atoms with van der Waals surface area (Å²) in [4.78, 5) is 22.6. The highest BCUT2D eigenvalue weighted by atomic mass is 16.5. The summed E-state index contributed by atoms with van der Waals surface area (Å²) >= 11 is 0.